The van der Waals surface area contributed by atoms with Crippen LogP contribution in [0.15, 0.2) is 58.1 Å². The minimum absolute atomic E-state index is 0.0715. The molecule has 0 spiro atoms. The highest BCUT2D eigenvalue weighted by Gasteiger charge is 2.47. The maximum Gasteiger partial charge on any atom is 0.296 e. The molecule has 2 aromatic carbocycles. The number of thiazole rings is 1. The second kappa shape index (κ2) is 14.5. The molecule has 1 amide bonds. The van der Waals surface area contributed by atoms with Gasteiger partial charge in [-0.05, 0) is 55.7 Å². The number of hydrogen-bond acceptors (Lipinski definition) is 11. The van der Waals surface area contributed by atoms with Crippen molar-refractivity contribution in [3.63, 3.8) is 0 Å². The number of amides is 1. The molecule has 1 aliphatic heterocycles. The van der Waals surface area contributed by atoms with E-state index >= 15 is 0 Å². The summed E-state index contributed by atoms with van der Waals surface area (Å²) in [5.41, 5.74) is 1.88. The van der Waals surface area contributed by atoms with Crippen LogP contribution in [0.1, 0.15) is 70.1 Å². The maximum absolute atomic E-state index is 14.0. The molecular formula is C32H33FN4O5S3. The van der Waals surface area contributed by atoms with Crippen molar-refractivity contribution in [3.05, 3.63) is 86.3 Å². The van der Waals surface area contributed by atoms with Crippen LogP contribution in [-0.2, 0) is 10.5 Å². The summed E-state index contributed by atoms with van der Waals surface area (Å²) in [5, 5.41) is 20.7. The number of aliphatic hydroxyl groups is 1. The van der Waals surface area contributed by atoms with Crippen molar-refractivity contribution in [3.8, 4) is 11.5 Å². The van der Waals surface area contributed by atoms with Gasteiger partial charge >= 0.3 is 0 Å². The van der Waals surface area contributed by atoms with Crippen molar-refractivity contribution in [2.24, 2.45) is 0 Å². The average Bonchev–Trinajstić information content (AvgIpc) is 3.71. The van der Waals surface area contributed by atoms with E-state index in [1.165, 1.54) is 47.2 Å². The number of ether oxygens (including phenoxy) is 2. The van der Waals surface area contributed by atoms with E-state index in [1.807, 2.05) is 0 Å². The van der Waals surface area contributed by atoms with Crippen LogP contribution in [0.2, 0.25) is 0 Å². The summed E-state index contributed by atoms with van der Waals surface area (Å²) in [6.07, 6.45) is 4.23. The van der Waals surface area contributed by atoms with E-state index in [4.69, 9.17) is 9.47 Å². The Morgan fingerprint density at radius 3 is 2.53 bits per heavy atom. The number of aromatic nitrogens is 3. The highest BCUT2D eigenvalue weighted by Crippen LogP contribution is 2.46. The summed E-state index contributed by atoms with van der Waals surface area (Å²) in [4.78, 5) is 33.7. The smallest absolute Gasteiger partial charge is 0.296 e. The normalized spacial score (nSPS) is 14.8. The van der Waals surface area contributed by atoms with E-state index in [-0.39, 0.29) is 16.5 Å². The van der Waals surface area contributed by atoms with Crippen molar-refractivity contribution < 1.29 is 28.6 Å². The number of halogens is 1. The molecule has 9 nitrogen and oxygen atoms in total. The van der Waals surface area contributed by atoms with Gasteiger partial charge in [-0.3, -0.25) is 14.5 Å². The van der Waals surface area contributed by atoms with Crippen molar-refractivity contribution >= 4 is 51.3 Å². The number of nitrogens with zero attached hydrogens (tertiary/aromatic N) is 4. The molecule has 0 radical (unpaired) electrons. The molecule has 1 aliphatic rings. The number of Topliss-reactive ketones (excluding diaryl/α,β-unsaturated/α-hetero) is 1. The molecule has 0 saturated carbocycles. The van der Waals surface area contributed by atoms with Gasteiger partial charge in [0.05, 0.1) is 40.9 Å². The zero-order chi connectivity index (χ0) is 32.1. The highest BCUT2D eigenvalue weighted by molar-refractivity contribution is 8.00. The van der Waals surface area contributed by atoms with Gasteiger partial charge in [-0.15, -0.1) is 21.5 Å². The van der Waals surface area contributed by atoms with E-state index in [2.05, 4.69) is 22.1 Å². The first-order valence-corrected chi connectivity index (χ1v) is 17.1. The Hall–Kier alpha value is -3.81. The van der Waals surface area contributed by atoms with E-state index < -0.39 is 23.5 Å². The minimum atomic E-state index is -1.01. The maximum atomic E-state index is 14.0. The van der Waals surface area contributed by atoms with Crippen LogP contribution in [0, 0.1) is 19.7 Å². The fraction of sp³-hybridized carbons (Fsp3) is 0.344. The number of aryl methyl sites for hydroxylation is 2. The summed E-state index contributed by atoms with van der Waals surface area (Å²) in [7, 11) is 1.53. The zero-order valence-corrected chi connectivity index (χ0v) is 27.8. The van der Waals surface area contributed by atoms with Crippen LogP contribution in [0.5, 0.6) is 11.5 Å². The van der Waals surface area contributed by atoms with Crippen LogP contribution in [-0.4, -0.2) is 45.7 Å². The lowest BCUT2D eigenvalue weighted by molar-refractivity contribution is -0.117. The number of rotatable bonds is 14. The Morgan fingerprint density at radius 2 is 1.84 bits per heavy atom. The van der Waals surface area contributed by atoms with Gasteiger partial charge in [-0.25, -0.2) is 9.37 Å². The van der Waals surface area contributed by atoms with Crippen molar-refractivity contribution in [1.29, 1.82) is 0 Å². The van der Waals surface area contributed by atoms with E-state index in [0.29, 0.717) is 49.3 Å². The molecule has 1 atom stereocenters. The molecular weight excluding hydrogens is 636 g/mol. The SMILES string of the molecule is CCCCCCOc1ccc(C2C(C(=O)c3sc(C)nc3C)=C(O)C(=O)N2c2nnc(SCc3ccc(F)cc3)s2)cc1OC. The molecule has 0 saturated heterocycles. The zero-order valence-electron chi connectivity index (χ0n) is 25.3. The minimum Gasteiger partial charge on any atom is -0.503 e. The fourth-order valence-electron chi connectivity index (χ4n) is 4.98. The number of benzene rings is 2. The second-order valence-electron chi connectivity index (χ2n) is 10.4. The first kappa shape index (κ1) is 32.6. The molecule has 5 rings (SSSR count). The van der Waals surface area contributed by atoms with Crippen molar-refractivity contribution in [1.82, 2.24) is 15.2 Å². The summed E-state index contributed by atoms with van der Waals surface area (Å²) < 4.78 is 25.5. The predicted molar refractivity (Wildman–Crippen MR) is 174 cm³/mol. The average molecular weight is 669 g/mol. The van der Waals surface area contributed by atoms with Crippen LogP contribution in [0.25, 0.3) is 0 Å². The van der Waals surface area contributed by atoms with Gasteiger partial charge < -0.3 is 14.6 Å². The summed E-state index contributed by atoms with van der Waals surface area (Å²) in [5.74, 6) is -0.719. The third kappa shape index (κ3) is 7.21. The summed E-state index contributed by atoms with van der Waals surface area (Å²) >= 11 is 3.75. The number of carbonyl (C=O) groups excluding carboxylic acids is 2. The Labute approximate surface area is 273 Å². The quantitative estimate of drug-likeness (QED) is 0.0622. The Balaban J connectivity index is 1.49. The molecule has 1 N–H and O–H groups in total. The first-order chi connectivity index (χ1) is 21.7. The number of methoxy groups -OCH3 is 1. The molecule has 3 heterocycles. The number of carbonyl (C=O) groups is 2. The highest BCUT2D eigenvalue weighted by atomic mass is 32.2. The first-order valence-electron chi connectivity index (χ1n) is 14.5. The van der Waals surface area contributed by atoms with Crippen molar-refractivity contribution in [2.75, 3.05) is 18.6 Å². The van der Waals surface area contributed by atoms with Gasteiger partial charge in [-0.2, -0.15) is 0 Å². The van der Waals surface area contributed by atoms with Gasteiger partial charge in [0.2, 0.25) is 10.9 Å². The molecule has 2 aromatic heterocycles. The third-order valence-corrected chi connectivity index (χ3v) is 10.4. The van der Waals surface area contributed by atoms with Crippen LogP contribution >= 0.6 is 34.4 Å². The lowest BCUT2D eigenvalue weighted by atomic mass is 9.95. The molecule has 1 unspecified atom stereocenters. The fourth-order valence-corrected chi connectivity index (χ4v) is 7.68. The number of ketones is 1. The summed E-state index contributed by atoms with van der Waals surface area (Å²) in [6.45, 7) is 6.20. The molecule has 236 valence electrons. The lowest BCUT2D eigenvalue weighted by Gasteiger charge is -2.25. The number of unbranched alkanes of at least 4 members (excludes halogenated alkanes) is 3. The number of hydrogen-bond donors (Lipinski definition) is 1. The van der Waals surface area contributed by atoms with E-state index in [1.54, 1.807) is 44.2 Å². The summed E-state index contributed by atoms with van der Waals surface area (Å²) in [6, 6.07) is 10.4. The second-order valence-corrected chi connectivity index (χ2v) is 13.8. The number of anilines is 1. The van der Waals surface area contributed by atoms with Crippen LogP contribution in [0.4, 0.5) is 9.52 Å². The molecule has 0 aliphatic carbocycles. The van der Waals surface area contributed by atoms with Gasteiger partial charge in [0, 0.05) is 5.75 Å². The molecule has 45 heavy (non-hydrogen) atoms. The van der Waals surface area contributed by atoms with Gasteiger partial charge in [0.25, 0.3) is 5.91 Å². The monoisotopic (exact) mass is 668 g/mol. The van der Waals surface area contributed by atoms with Crippen LogP contribution < -0.4 is 14.4 Å². The molecule has 0 fully saturated rings. The predicted octanol–water partition coefficient (Wildman–Crippen LogP) is 7.79. The Morgan fingerprint density at radius 1 is 1.07 bits per heavy atom. The van der Waals surface area contributed by atoms with E-state index in [0.717, 1.165) is 42.6 Å². The molecule has 0 bridgehead atoms. The third-order valence-electron chi connectivity index (χ3n) is 7.20. The number of aliphatic hydroxyl groups excluding tert-OH is 1. The van der Waals surface area contributed by atoms with E-state index in [9.17, 15) is 19.1 Å². The Bertz CT molecular complexity index is 1720. The largest absolute Gasteiger partial charge is 0.503 e. The molecule has 4 aromatic rings. The van der Waals surface area contributed by atoms with Gasteiger partial charge in [0.15, 0.2) is 21.6 Å². The van der Waals surface area contributed by atoms with Crippen LogP contribution in [0.3, 0.4) is 0 Å². The lowest BCUT2D eigenvalue weighted by Crippen LogP contribution is -2.31. The number of thioether (sulfide) groups is 1. The van der Waals surface area contributed by atoms with Gasteiger partial charge in [-0.1, -0.05) is 67.5 Å². The standard InChI is InChI=1S/C32H33FN4O5S3/c1-5-6-7-8-15-42-23-14-11-21(16-24(23)41-4)26-25(27(38)29-18(2)34-19(3)44-29)28(39)30(40)37(26)31-35-36-32(45-31)43-17-20-9-12-22(33)13-10-20/h9-14,16,26,39H,5-8,15,17H2,1-4H3. The van der Waals surface area contributed by atoms with Crippen molar-refractivity contribution in [2.45, 2.75) is 62.6 Å². The Kier molecular flexibility index (Phi) is 10.5. The molecule has 13 heteroatoms. The topological polar surface area (TPSA) is 115 Å². The van der Waals surface area contributed by atoms with Gasteiger partial charge in [0.1, 0.15) is 5.82 Å².